The molecule has 2 heterocycles. The van der Waals surface area contributed by atoms with E-state index < -0.39 is 0 Å². The van der Waals surface area contributed by atoms with E-state index in [1.807, 2.05) is 4.90 Å². The molecule has 104 valence electrons. The third kappa shape index (κ3) is 3.95. The SMILES string of the molecule is CCCCN1CCN(CC(=O)N2CCCC2)CC1. The summed E-state index contributed by atoms with van der Waals surface area (Å²) >= 11 is 0. The Bertz CT molecular complexity index is 256. The Labute approximate surface area is 111 Å². The summed E-state index contributed by atoms with van der Waals surface area (Å²) in [5.74, 6) is 0.342. The number of hydrogen-bond acceptors (Lipinski definition) is 3. The maximum atomic E-state index is 12.0. The Balaban J connectivity index is 1.65. The molecule has 4 heteroatoms. The number of hydrogen-bond donors (Lipinski definition) is 0. The molecule has 0 aromatic carbocycles. The normalized spacial score (nSPS) is 22.6. The highest BCUT2D eigenvalue weighted by molar-refractivity contribution is 5.78. The summed E-state index contributed by atoms with van der Waals surface area (Å²) in [5.41, 5.74) is 0. The highest BCUT2D eigenvalue weighted by atomic mass is 16.2. The second-order valence-electron chi connectivity index (χ2n) is 5.56. The number of likely N-dealkylation sites (tertiary alicyclic amines) is 1. The van der Waals surface area contributed by atoms with Crippen LogP contribution in [0.5, 0.6) is 0 Å². The summed E-state index contributed by atoms with van der Waals surface area (Å²) in [6, 6.07) is 0. The van der Waals surface area contributed by atoms with Crippen LogP contribution in [-0.4, -0.2) is 73.0 Å². The number of carbonyl (C=O) groups excluding carboxylic acids is 1. The van der Waals surface area contributed by atoms with Crippen LogP contribution >= 0.6 is 0 Å². The van der Waals surface area contributed by atoms with E-state index in [4.69, 9.17) is 0 Å². The molecule has 0 bridgehead atoms. The lowest BCUT2D eigenvalue weighted by atomic mass is 10.2. The van der Waals surface area contributed by atoms with Gasteiger partial charge in [-0.15, -0.1) is 0 Å². The largest absolute Gasteiger partial charge is 0.342 e. The van der Waals surface area contributed by atoms with E-state index in [1.54, 1.807) is 0 Å². The lowest BCUT2D eigenvalue weighted by Gasteiger charge is -2.34. The fraction of sp³-hybridized carbons (Fsp3) is 0.929. The van der Waals surface area contributed by atoms with Crippen molar-refractivity contribution in [1.82, 2.24) is 14.7 Å². The minimum absolute atomic E-state index is 0.342. The second kappa shape index (κ2) is 7.10. The zero-order valence-electron chi connectivity index (χ0n) is 11.7. The van der Waals surface area contributed by atoms with Crippen molar-refractivity contribution >= 4 is 5.91 Å². The van der Waals surface area contributed by atoms with Gasteiger partial charge in [0.05, 0.1) is 6.54 Å². The summed E-state index contributed by atoms with van der Waals surface area (Å²) in [7, 11) is 0. The number of amides is 1. The van der Waals surface area contributed by atoms with Crippen molar-refractivity contribution in [1.29, 1.82) is 0 Å². The minimum atomic E-state index is 0.342. The van der Waals surface area contributed by atoms with E-state index in [-0.39, 0.29) is 0 Å². The van der Waals surface area contributed by atoms with Crippen LogP contribution in [0, 0.1) is 0 Å². The van der Waals surface area contributed by atoms with Crippen LogP contribution in [0.4, 0.5) is 0 Å². The van der Waals surface area contributed by atoms with Crippen molar-refractivity contribution in [3.05, 3.63) is 0 Å². The van der Waals surface area contributed by atoms with Gasteiger partial charge in [0.15, 0.2) is 0 Å². The molecule has 2 aliphatic heterocycles. The Kier molecular flexibility index (Phi) is 5.45. The van der Waals surface area contributed by atoms with Crippen molar-refractivity contribution < 1.29 is 4.79 Å². The van der Waals surface area contributed by atoms with Gasteiger partial charge < -0.3 is 9.80 Å². The molecule has 2 fully saturated rings. The number of nitrogens with zero attached hydrogens (tertiary/aromatic N) is 3. The summed E-state index contributed by atoms with van der Waals surface area (Å²) in [6.45, 7) is 10.5. The van der Waals surface area contributed by atoms with Crippen LogP contribution in [0.3, 0.4) is 0 Å². The topological polar surface area (TPSA) is 26.8 Å². The van der Waals surface area contributed by atoms with E-state index in [2.05, 4.69) is 16.7 Å². The maximum absolute atomic E-state index is 12.0. The molecular formula is C14H27N3O. The quantitative estimate of drug-likeness (QED) is 0.732. The van der Waals surface area contributed by atoms with Gasteiger partial charge in [0, 0.05) is 39.3 Å². The van der Waals surface area contributed by atoms with Crippen molar-refractivity contribution in [2.75, 3.05) is 52.4 Å². The molecule has 0 unspecified atom stereocenters. The first-order valence-corrected chi connectivity index (χ1v) is 7.52. The molecule has 0 radical (unpaired) electrons. The monoisotopic (exact) mass is 253 g/mol. The molecule has 0 aliphatic carbocycles. The molecule has 4 nitrogen and oxygen atoms in total. The third-order valence-corrected chi connectivity index (χ3v) is 4.11. The van der Waals surface area contributed by atoms with E-state index >= 15 is 0 Å². The minimum Gasteiger partial charge on any atom is -0.342 e. The average Bonchev–Trinajstić information content (AvgIpc) is 2.92. The highest BCUT2D eigenvalue weighted by Gasteiger charge is 2.22. The van der Waals surface area contributed by atoms with Gasteiger partial charge in [-0.05, 0) is 25.8 Å². The van der Waals surface area contributed by atoms with Gasteiger partial charge in [-0.1, -0.05) is 13.3 Å². The van der Waals surface area contributed by atoms with Gasteiger partial charge in [-0.25, -0.2) is 0 Å². The number of carbonyl (C=O) groups is 1. The maximum Gasteiger partial charge on any atom is 0.236 e. The first-order valence-electron chi connectivity index (χ1n) is 7.52. The number of piperazine rings is 1. The Morgan fingerprint density at radius 3 is 2.17 bits per heavy atom. The molecule has 0 spiro atoms. The van der Waals surface area contributed by atoms with Crippen molar-refractivity contribution in [2.24, 2.45) is 0 Å². The van der Waals surface area contributed by atoms with Gasteiger partial charge in [0.1, 0.15) is 0 Å². The zero-order valence-corrected chi connectivity index (χ0v) is 11.7. The van der Waals surface area contributed by atoms with Crippen LogP contribution in [0.1, 0.15) is 32.6 Å². The van der Waals surface area contributed by atoms with Gasteiger partial charge in [0.2, 0.25) is 5.91 Å². The van der Waals surface area contributed by atoms with Gasteiger partial charge in [0.25, 0.3) is 0 Å². The van der Waals surface area contributed by atoms with E-state index in [9.17, 15) is 4.79 Å². The fourth-order valence-electron chi connectivity index (χ4n) is 2.81. The van der Waals surface area contributed by atoms with Crippen molar-refractivity contribution in [2.45, 2.75) is 32.6 Å². The molecule has 2 aliphatic rings. The summed E-state index contributed by atoms with van der Waals surface area (Å²) in [6.07, 6.45) is 4.95. The van der Waals surface area contributed by atoms with E-state index in [1.165, 1.54) is 32.2 Å². The highest BCUT2D eigenvalue weighted by Crippen LogP contribution is 2.09. The molecule has 1 amide bonds. The van der Waals surface area contributed by atoms with Gasteiger partial charge in [-0.3, -0.25) is 9.69 Å². The van der Waals surface area contributed by atoms with Gasteiger partial charge in [-0.2, -0.15) is 0 Å². The predicted octanol–water partition coefficient (Wildman–Crippen LogP) is 1.03. The van der Waals surface area contributed by atoms with Crippen molar-refractivity contribution in [3.8, 4) is 0 Å². The standard InChI is InChI=1S/C14H27N3O/c1-2-3-6-15-9-11-16(12-10-15)13-14(18)17-7-4-5-8-17/h2-13H2,1H3. The van der Waals surface area contributed by atoms with Crippen LogP contribution in [0.25, 0.3) is 0 Å². The van der Waals surface area contributed by atoms with Crippen LogP contribution in [-0.2, 0) is 4.79 Å². The molecule has 18 heavy (non-hydrogen) atoms. The average molecular weight is 253 g/mol. The van der Waals surface area contributed by atoms with Crippen LogP contribution in [0.2, 0.25) is 0 Å². The molecule has 0 aromatic rings. The van der Waals surface area contributed by atoms with E-state index in [0.29, 0.717) is 12.5 Å². The fourth-order valence-corrected chi connectivity index (χ4v) is 2.81. The summed E-state index contributed by atoms with van der Waals surface area (Å²) < 4.78 is 0. The lowest BCUT2D eigenvalue weighted by molar-refractivity contribution is -0.131. The molecule has 0 saturated carbocycles. The van der Waals surface area contributed by atoms with Crippen LogP contribution in [0.15, 0.2) is 0 Å². The number of unbranched alkanes of at least 4 members (excludes halogenated alkanes) is 1. The summed E-state index contributed by atoms with van der Waals surface area (Å²) in [4.78, 5) is 18.9. The predicted molar refractivity (Wildman–Crippen MR) is 73.6 cm³/mol. The van der Waals surface area contributed by atoms with E-state index in [0.717, 1.165) is 39.3 Å². The van der Waals surface area contributed by atoms with Crippen LogP contribution < -0.4 is 0 Å². The van der Waals surface area contributed by atoms with Crippen molar-refractivity contribution in [3.63, 3.8) is 0 Å². The molecule has 0 atom stereocenters. The first-order chi connectivity index (χ1) is 8.79. The first kappa shape index (κ1) is 13.8. The lowest BCUT2D eigenvalue weighted by Crippen LogP contribution is -2.49. The molecule has 2 saturated heterocycles. The van der Waals surface area contributed by atoms with Gasteiger partial charge >= 0.3 is 0 Å². The smallest absolute Gasteiger partial charge is 0.236 e. The molecule has 0 aromatic heterocycles. The third-order valence-electron chi connectivity index (χ3n) is 4.11. The Morgan fingerprint density at radius 2 is 1.56 bits per heavy atom. The molecular weight excluding hydrogens is 226 g/mol. The molecule has 0 N–H and O–H groups in total. The second-order valence-corrected chi connectivity index (χ2v) is 5.56. The zero-order chi connectivity index (χ0) is 12.8. The molecule has 2 rings (SSSR count). The Morgan fingerprint density at radius 1 is 0.944 bits per heavy atom. The number of rotatable bonds is 5. The summed E-state index contributed by atoms with van der Waals surface area (Å²) in [5, 5.41) is 0. The Hall–Kier alpha value is -0.610.